The molecule has 0 radical (unpaired) electrons. The zero-order chi connectivity index (χ0) is 18.9. The molecule has 0 amide bonds. The number of rotatable bonds is 3. The predicted molar refractivity (Wildman–Crippen MR) is 92.2 cm³/mol. The van der Waals surface area contributed by atoms with Gasteiger partial charge in [-0.3, -0.25) is 10.1 Å². The zero-order valence-corrected chi connectivity index (χ0v) is 14.7. The predicted octanol–water partition coefficient (Wildman–Crippen LogP) is 5.83. The topological polar surface area (TPSA) is 103 Å². The molecule has 0 atom stereocenters. The molecule has 2 rings (SSSR count). The van der Waals surface area contributed by atoms with Gasteiger partial charge in [-0.1, -0.05) is 46.4 Å². The van der Waals surface area contributed by atoms with Gasteiger partial charge in [0, 0.05) is 6.07 Å². The maximum absolute atomic E-state index is 14.2. The Morgan fingerprint density at radius 2 is 1.56 bits per heavy atom. The standard InChI is InChI=1S/C14H3Cl4FN4O2/c15-8-1-5(23(24)25)2-9(19)14(8)22-13-7(4-21)11(17)10(16)6(3-20)12(13)18/h1-2,22H. The number of nitro benzene ring substituents is 1. The number of nitriles is 2. The van der Waals surface area contributed by atoms with Gasteiger partial charge in [-0.15, -0.1) is 0 Å². The van der Waals surface area contributed by atoms with Crippen molar-refractivity contribution in [2.75, 3.05) is 5.32 Å². The van der Waals surface area contributed by atoms with Crippen LogP contribution in [0.2, 0.25) is 20.1 Å². The average molecular weight is 420 g/mol. The third kappa shape index (κ3) is 3.41. The maximum Gasteiger partial charge on any atom is 0.274 e. The lowest BCUT2D eigenvalue weighted by molar-refractivity contribution is -0.385. The summed E-state index contributed by atoms with van der Waals surface area (Å²) >= 11 is 23.7. The Labute approximate surface area is 160 Å². The molecule has 6 nitrogen and oxygen atoms in total. The summed E-state index contributed by atoms with van der Waals surface area (Å²) in [6, 6.07) is 5.01. The van der Waals surface area contributed by atoms with Crippen molar-refractivity contribution in [1.82, 2.24) is 0 Å². The molecular formula is C14H3Cl4FN4O2. The highest BCUT2D eigenvalue weighted by Crippen LogP contribution is 2.43. The summed E-state index contributed by atoms with van der Waals surface area (Å²) in [6.07, 6.45) is 0. The lowest BCUT2D eigenvalue weighted by Crippen LogP contribution is -2.02. The Morgan fingerprint density at radius 3 is 2.04 bits per heavy atom. The molecule has 0 aliphatic carbocycles. The molecule has 0 fully saturated rings. The van der Waals surface area contributed by atoms with Crippen LogP contribution in [0.4, 0.5) is 21.5 Å². The van der Waals surface area contributed by atoms with Gasteiger partial charge < -0.3 is 5.32 Å². The first-order valence-corrected chi connectivity index (χ1v) is 7.65. The van der Waals surface area contributed by atoms with Crippen molar-refractivity contribution in [3.8, 4) is 12.1 Å². The minimum absolute atomic E-state index is 0.204. The molecular weight excluding hydrogens is 417 g/mol. The summed E-state index contributed by atoms with van der Waals surface area (Å²) in [6.45, 7) is 0. The molecule has 2 aromatic carbocycles. The number of hydrogen-bond acceptors (Lipinski definition) is 5. The fourth-order valence-electron chi connectivity index (χ4n) is 1.89. The first-order valence-electron chi connectivity index (χ1n) is 6.14. The summed E-state index contributed by atoms with van der Waals surface area (Å²) in [4.78, 5) is 9.90. The summed E-state index contributed by atoms with van der Waals surface area (Å²) in [7, 11) is 0. The lowest BCUT2D eigenvalue weighted by atomic mass is 10.1. The van der Waals surface area contributed by atoms with Crippen LogP contribution >= 0.6 is 46.4 Å². The first-order chi connectivity index (χ1) is 11.7. The number of non-ortho nitro benzene ring substituents is 1. The SMILES string of the molecule is N#Cc1c(Cl)c(Cl)c(C#N)c(Nc2c(F)cc([N+](=O)[O-])cc2Cl)c1Cl. The summed E-state index contributed by atoms with van der Waals surface area (Å²) in [5, 5.41) is 30.5. The second kappa shape index (κ2) is 7.30. The maximum atomic E-state index is 14.2. The number of anilines is 2. The number of nitro groups is 1. The van der Waals surface area contributed by atoms with Gasteiger partial charge in [0.2, 0.25) is 0 Å². The summed E-state index contributed by atoms with van der Waals surface area (Å²) in [5.74, 6) is -1.07. The van der Waals surface area contributed by atoms with Gasteiger partial charge in [0.25, 0.3) is 5.69 Å². The van der Waals surface area contributed by atoms with Gasteiger partial charge in [0.1, 0.15) is 12.1 Å². The highest BCUT2D eigenvalue weighted by atomic mass is 35.5. The smallest absolute Gasteiger partial charge is 0.274 e. The van der Waals surface area contributed by atoms with Crippen LogP contribution in [-0.2, 0) is 0 Å². The van der Waals surface area contributed by atoms with Crippen molar-refractivity contribution in [3.63, 3.8) is 0 Å². The molecule has 2 aromatic rings. The Morgan fingerprint density at radius 1 is 1.00 bits per heavy atom. The van der Waals surface area contributed by atoms with Gasteiger partial charge in [0.15, 0.2) is 5.82 Å². The van der Waals surface area contributed by atoms with E-state index in [-0.39, 0.29) is 42.6 Å². The van der Waals surface area contributed by atoms with E-state index in [9.17, 15) is 19.8 Å². The fourth-order valence-corrected chi connectivity index (χ4v) is 2.93. The van der Waals surface area contributed by atoms with Crippen LogP contribution in [-0.4, -0.2) is 4.92 Å². The monoisotopic (exact) mass is 418 g/mol. The van der Waals surface area contributed by atoms with E-state index < -0.39 is 16.4 Å². The molecule has 0 heterocycles. The highest BCUT2D eigenvalue weighted by molar-refractivity contribution is 6.46. The molecule has 11 heteroatoms. The molecule has 0 aliphatic heterocycles. The molecule has 0 aromatic heterocycles. The van der Waals surface area contributed by atoms with Crippen molar-refractivity contribution >= 4 is 63.5 Å². The number of nitrogens with one attached hydrogen (secondary N) is 1. The quantitative estimate of drug-likeness (QED) is 0.382. The van der Waals surface area contributed by atoms with E-state index in [1.54, 1.807) is 12.1 Å². The largest absolute Gasteiger partial charge is 0.350 e. The van der Waals surface area contributed by atoms with Gasteiger partial charge in [0.05, 0.1) is 53.6 Å². The Hall–Kier alpha value is -2.29. The van der Waals surface area contributed by atoms with E-state index in [0.29, 0.717) is 6.07 Å². The molecule has 0 bridgehead atoms. The number of halogens is 5. The first kappa shape index (κ1) is 19.0. The van der Waals surface area contributed by atoms with Crippen molar-refractivity contribution < 1.29 is 9.31 Å². The van der Waals surface area contributed by atoms with E-state index in [0.717, 1.165) is 6.07 Å². The van der Waals surface area contributed by atoms with Crippen molar-refractivity contribution in [1.29, 1.82) is 10.5 Å². The van der Waals surface area contributed by atoms with E-state index in [2.05, 4.69) is 5.32 Å². The number of benzene rings is 2. The Balaban J connectivity index is 2.71. The van der Waals surface area contributed by atoms with Crippen LogP contribution in [0.1, 0.15) is 11.1 Å². The molecule has 0 saturated heterocycles. The number of hydrogen-bond donors (Lipinski definition) is 1. The fraction of sp³-hybridized carbons (Fsp3) is 0. The molecule has 0 aliphatic rings. The van der Waals surface area contributed by atoms with Crippen molar-refractivity contribution in [2.45, 2.75) is 0 Å². The van der Waals surface area contributed by atoms with Gasteiger partial charge in [-0.2, -0.15) is 10.5 Å². The molecule has 1 N–H and O–H groups in total. The molecule has 0 unspecified atom stereocenters. The minimum Gasteiger partial charge on any atom is -0.350 e. The van der Waals surface area contributed by atoms with Crippen LogP contribution in [0.5, 0.6) is 0 Å². The number of nitrogens with zero attached hydrogens (tertiary/aromatic N) is 3. The summed E-state index contributed by atoms with van der Waals surface area (Å²) in [5.41, 5.74) is -1.62. The van der Waals surface area contributed by atoms with Crippen molar-refractivity contribution in [2.24, 2.45) is 0 Å². The second-order valence-electron chi connectivity index (χ2n) is 4.46. The van der Waals surface area contributed by atoms with Crippen LogP contribution in [0.25, 0.3) is 0 Å². The lowest BCUT2D eigenvalue weighted by Gasteiger charge is -2.15. The van der Waals surface area contributed by atoms with Crippen molar-refractivity contribution in [3.05, 3.63) is 59.3 Å². The molecule has 25 heavy (non-hydrogen) atoms. The zero-order valence-electron chi connectivity index (χ0n) is 11.7. The Bertz CT molecular complexity index is 975. The molecule has 0 spiro atoms. The third-order valence-electron chi connectivity index (χ3n) is 3.03. The highest BCUT2D eigenvalue weighted by Gasteiger charge is 2.24. The van der Waals surface area contributed by atoms with E-state index >= 15 is 0 Å². The molecule has 126 valence electrons. The van der Waals surface area contributed by atoms with Gasteiger partial charge in [-0.25, -0.2) is 4.39 Å². The van der Waals surface area contributed by atoms with E-state index in [1.807, 2.05) is 0 Å². The Kier molecular flexibility index (Phi) is 5.56. The second-order valence-corrected chi connectivity index (χ2v) is 6.00. The van der Waals surface area contributed by atoms with Crippen LogP contribution < -0.4 is 5.32 Å². The van der Waals surface area contributed by atoms with Gasteiger partial charge >= 0.3 is 0 Å². The molecule has 0 saturated carbocycles. The normalized spacial score (nSPS) is 10.0. The van der Waals surface area contributed by atoms with Gasteiger partial charge in [-0.05, 0) is 0 Å². The minimum atomic E-state index is -1.07. The van der Waals surface area contributed by atoms with Crippen LogP contribution in [0, 0.1) is 38.6 Å². The third-order valence-corrected chi connectivity index (χ3v) is 4.56. The summed E-state index contributed by atoms with van der Waals surface area (Å²) < 4.78 is 14.2. The van der Waals surface area contributed by atoms with Crippen LogP contribution in [0.15, 0.2) is 12.1 Å². The van der Waals surface area contributed by atoms with E-state index in [1.165, 1.54) is 0 Å². The van der Waals surface area contributed by atoms with Crippen LogP contribution in [0.3, 0.4) is 0 Å². The average Bonchev–Trinajstić information content (AvgIpc) is 2.55. The van der Waals surface area contributed by atoms with E-state index in [4.69, 9.17) is 51.7 Å².